The van der Waals surface area contributed by atoms with Crippen molar-refractivity contribution in [2.75, 3.05) is 13.2 Å². The summed E-state index contributed by atoms with van der Waals surface area (Å²) in [5, 5.41) is 6.08. The van der Waals surface area contributed by atoms with E-state index in [1.54, 1.807) is 0 Å². The summed E-state index contributed by atoms with van der Waals surface area (Å²) in [6.45, 7) is 1.92. The van der Waals surface area contributed by atoms with E-state index in [1.807, 2.05) is 13.0 Å². The molecule has 0 aliphatic carbocycles. The van der Waals surface area contributed by atoms with Crippen LogP contribution in [-0.4, -0.2) is 26.2 Å². The molecule has 0 aromatic rings. The monoisotopic (exact) mass is 82.1 g/mol. The van der Waals surface area contributed by atoms with Gasteiger partial charge < -0.3 is 0 Å². The van der Waals surface area contributed by atoms with E-state index < -0.39 is 0 Å². The molecule has 0 unspecified atom stereocenters. The summed E-state index contributed by atoms with van der Waals surface area (Å²) in [5.41, 5.74) is 0. The van der Waals surface area contributed by atoms with Gasteiger partial charge in [0.15, 0.2) is 0 Å². The Balaban J connectivity index is 2.26. The maximum atomic E-state index is 3.09. The van der Waals surface area contributed by atoms with E-state index in [2.05, 4.69) is 10.5 Å². The zero-order valence-corrected chi connectivity index (χ0v) is 3.57. The molecule has 0 atom stereocenters. The molecule has 1 rings (SSSR count). The summed E-state index contributed by atoms with van der Waals surface area (Å²) >= 11 is 0. The third kappa shape index (κ3) is 0.827. The van der Waals surface area contributed by atoms with Gasteiger partial charge in [0.1, 0.15) is 0 Å². The van der Waals surface area contributed by atoms with Crippen LogP contribution in [0.25, 0.3) is 0 Å². The standard InChI is InChI=1S/C3H7BN2/c1-2-5-3-6-4-1/h1,5-6H,2-3H2. The van der Waals surface area contributed by atoms with Crippen LogP contribution < -0.4 is 10.5 Å². The Morgan fingerprint density at radius 3 is 2.83 bits per heavy atom. The van der Waals surface area contributed by atoms with Gasteiger partial charge in [-0.3, -0.25) is 0 Å². The second-order valence-electron chi connectivity index (χ2n) is 1.24. The number of hydrogen-bond donors (Lipinski definition) is 2. The summed E-state index contributed by atoms with van der Waals surface area (Å²) in [6.07, 6.45) is 0. The average Bonchev–Trinajstić information content (AvgIpc) is 1.72. The summed E-state index contributed by atoms with van der Waals surface area (Å²) in [4.78, 5) is 0. The fourth-order valence-electron chi connectivity index (χ4n) is 0.429. The third-order valence-corrected chi connectivity index (χ3v) is 0.725. The van der Waals surface area contributed by atoms with Crippen LogP contribution in [0.1, 0.15) is 0 Å². The Bertz CT molecular complexity index is 53.8. The molecular weight excluding hydrogens is 74.9 g/mol. The Kier molecular flexibility index (Phi) is 1.27. The second-order valence-corrected chi connectivity index (χ2v) is 1.24. The van der Waals surface area contributed by atoms with E-state index in [0.717, 1.165) is 13.2 Å². The fraction of sp³-hybridized carbons (Fsp3) is 0.667. The van der Waals surface area contributed by atoms with Crippen molar-refractivity contribution in [1.82, 2.24) is 10.5 Å². The predicted molar refractivity (Wildman–Crippen MR) is 27.8 cm³/mol. The van der Waals surface area contributed by atoms with Crippen LogP contribution >= 0.6 is 0 Å². The van der Waals surface area contributed by atoms with Crippen LogP contribution in [0.5, 0.6) is 0 Å². The van der Waals surface area contributed by atoms with Crippen LogP contribution in [0, 0.1) is 0 Å². The maximum absolute atomic E-state index is 3.09. The number of rotatable bonds is 0. The number of hydrogen-bond acceptors (Lipinski definition) is 2. The summed E-state index contributed by atoms with van der Waals surface area (Å²) < 4.78 is 0. The van der Waals surface area contributed by atoms with Crippen LogP contribution in [0.3, 0.4) is 0 Å². The van der Waals surface area contributed by atoms with E-state index in [0.29, 0.717) is 0 Å². The van der Waals surface area contributed by atoms with Gasteiger partial charge in [-0.2, -0.15) is 0 Å². The minimum absolute atomic E-state index is 0.913. The van der Waals surface area contributed by atoms with Gasteiger partial charge in [-0.25, -0.2) is 0 Å². The SMILES string of the molecule is B1=CCNCN1. The zero-order chi connectivity index (χ0) is 4.24. The van der Waals surface area contributed by atoms with Gasteiger partial charge in [0.05, 0.1) is 0 Å². The molecule has 0 saturated carbocycles. The molecular formula is C3H7BN2. The second kappa shape index (κ2) is 1.98. The van der Waals surface area contributed by atoms with E-state index in [9.17, 15) is 0 Å². The quantitative estimate of drug-likeness (QED) is 0.349. The van der Waals surface area contributed by atoms with Gasteiger partial charge in [0.25, 0.3) is 0 Å². The summed E-state index contributed by atoms with van der Waals surface area (Å²) in [5.74, 6) is 2.05. The predicted octanol–water partition coefficient (Wildman–Crippen LogP) is -1.44. The van der Waals surface area contributed by atoms with Crippen LogP contribution in [0.2, 0.25) is 0 Å². The molecule has 0 aromatic carbocycles. The molecule has 0 spiro atoms. The molecule has 0 fully saturated rings. The Morgan fingerprint density at radius 1 is 1.67 bits per heavy atom. The normalized spacial score (nSPS) is 18.7. The number of nitrogens with one attached hydrogen (secondary N) is 2. The van der Waals surface area contributed by atoms with Gasteiger partial charge >= 0.3 is 36.8 Å². The Labute approximate surface area is 37.9 Å². The molecule has 3 heteroatoms. The summed E-state index contributed by atoms with van der Waals surface area (Å²) in [6, 6.07) is 0. The van der Waals surface area contributed by atoms with E-state index in [-0.39, 0.29) is 0 Å². The first-order chi connectivity index (χ1) is 3.00. The van der Waals surface area contributed by atoms with Crippen molar-refractivity contribution in [2.24, 2.45) is 0 Å². The third-order valence-electron chi connectivity index (χ3n) is 0.725. The zero-order valence-electron chi connectivity index (χ0n) is 3.57. The molecule has 0 bridgehead atoms. The van der Waals surface area contributed by atoms with Crippen LogP contribution in [0.4, 0.5) is 0 Å². The fourth-order valence-corrected chi connectivity index (χ4v) is 0.429. The van der Waals surface area contributed by atoms with Crippen molar-refractivity contribution < 1.29 is 0 Å². The molecule has 0 saturated heterocycles. The van der Waals surface area contributed by atoms with Gasteiger partial charge in [0.2, 0.25) is 0 Å². The van der Waals surface area contributed by atoms with Gasteiger partial charge in [-0.1, -0.05) is 0 Å². The molecule has 1 aliphatic rings. The van der Waals surface area contributed by atoms with Crippen molar-refractivity contribution >= 4 is 13.0 Å². The molecule has 1 aliphatic heterocycles. The van der Waals surface area contributed by atoms with Crippen LogP contribution in [0.15, 0.2) is 0 Å². The first-order valence-electron chi connectivity index (χ1n) is 2.09. The first-order valence-corrected chi connectivity index (χ1v) is 2.09. The molecule has 1 heterocycles. The van der Waals surface area contributed by atoms with E-state index >= 15 is 0 Å². The Morgan fingerprint density at radius 2 is 2.67 bits per heavy atom. The summed E-state index contributed by atoms with van der Waals surface area (Å²) in [7, 11) is 1.95. The Hall–Kier alpha value is -0.305. The van der Waals surface area contributed by atoms with Gasteiger partial charge in [-0.15, -0.1) is 0 Å². The van der Waals surface area contributed by atoms with Crippen molar-refractivity contribution in [1.29, 1.82) is 0 Å². The molecule has 0 radical (unpaired) electrons. The topological polar surface area (TPSA) is 24.1 Å². The van der Waals surface area contributed by atoms with Crippen molar-refractivity contribution in [2.45, 2.75) is 0 Å². The molecule has 2 nitrogen and oxygen atoms in total. The van der Waals surface area contributed by atoms with Gasteiger partial charge in [-0.05, 0) is 0 Å². The molecule has 6 heavy (non-hydrogen) atoms. The van der Waals surface area contributed by atoms with Crippen molar-refractivity contribution in [3.05, 3.63) is 0 Å². The molecule has 32 valence electrons. The van der Waals surface area contributed by atoms with Gasteiger partial charge in [0, 0.05) is 0 Å². The van der Waals surface area contributed by atoms with Crippen LogP contribution in [-0.2, 0) is 0 Å². The first kappa shape index (κ1) is 3.87. The van der Waals surface area contributed by atoms with E-state index in [4.69, 9.17) is 0 Å². The van der Waals surface area contributed by atoms with E-state index in [1.165, 1.54) is 0 Å². The van der Waals surface area contributed by atoms with Crippen molar-refractivity contribution in [3.63, 3.8) is 0 Å². The molecule has 0 aromatic heterocycles. The molecule has 2 N–H and O–H groups in total. The molecule has 0 amide bonds. The van der Waals surface area contributed by atoms with Crippen molar-refractivity contribution in [3.8, 4) is 0 Å². The minimum atomic E-state index is 0.913. The average molecular weight is 81.9 g/mol.